The number of aliphatic hydroxyl groups excluding tert-OH is 1. The van der Waals surface area contributed by atoms with Crippen LogP contribution >= 0.6 is 0 Å². The van der Waals surface area contributed by atoms with Gasteiger partial charge in [-0.1, -0.05) is 24.3 Å². The first-order chi connectivity index (χ1) is 17.1. The normalized spacial score (nSPS) is 15.7. The van der Waals surface area contributed by atoms with Crippen LogP contribution in [0.25, 0.3) is 6.08 Å². The maximum atomic E-state index is 13.9. The molecule has 1 unspecified atom stereocenters. The second-order valence-corrected chi connectivity index (χ2v) is 11.7. The van der Waals surface area contributed by atoms with Crippen molar-refractivity contribution in [3.63, 3.8) is 0 Å². The molecule has 7 nitrogen and oxygen atoms in total. The van der Waals surface area contributed by atoms with Gasteiger partial charge in [0, 0.05) is 22.3 Å². The summed E-state index contributed by atoms with van der Waals surface area (Å²) in [6.45, 7) is 11.8. The zero-order valence-electron chi connectivity index (χ0n) is 22.3. The van der Waals surface area contributed by atoms with Gasteiger partial charge in [0.05, 0.1) is 28.1 Å². The second-order valence-electron chi connectivity index (χ2n) is 11.7. The van der Waals surface area contributed by atoms with E-state index in [4.69, 9.17) is 9.47 Å². The van der Waals surface area contributed by atoms with Crippen molar-refractivity contribution in [1.82, 2.24) is 0 Å². The summed E-state index contributed by atoms with van der Waals surface area (Å²) in [7, 11) is 0. The Kier molecular flexibility index (Phi) is 6.49. The molecule has 0 aromatic heterocycles. The number of carbonyl (C=O) groups excluding carboxylic acids is 4. The zero-order chi connectivity index (χ0) is 27.4. The number of benzene rings is 2. The minimum absolute atomic E-state index is 0.00854. The van der Waals surface area contributed by atoms with Crippen molar-refractivity contribution in [2.45, 2.75) is 67.4 Å². The van der Waals surface area contributed by atoms with E-state index in [2.05, 4.69) is 0 Å². The Morgan fingerprint density at radius 2 is 1.27 bits per heavy atom. The molecule has 0 radical (unpaired) electrons. The Balaban J connectivity index is 2.12. The quantitative estimate of drug-likeness (QED) is 0.392. The van der Waals surface area contributed by atoms with Gasteiger partial charge in [0.15, 0.2) is 17.3 Å². The van der Waals surface area contributed by atoms with Crippen LogP contribution in [0.5, 0.6) is 11.5 Å². The number of hydrogen-bond donors (Lipinski definition) is 1. The molecule has 2 aromatic carbocycles. The SMILES string of the molecule is CC(O)C1=Cc2c(c(OC(=O)C(C)(C)C)c3c(c2OC(=O)C(C)(C)C)C(=O)c2ccccc2C3=O)CC1. The lowest BCUT2D eigenvalue weighted by Gasteiger charge is -2.30. The van der Waals surface area contributed by atoms with Gasteiger partial charge in [-0.2, -0.15) is 0 Å². The van der Waals surface area contributed by atoms with Gasteiger partial charge in [0.2, 0.25) is 0 Å². The van der Waals surface area contributed by atoms with Crippen molar-refractivity contribution < 1.29 is 33.8 Å². The molecule has 2 aliphatic rings. The summed E-state index contributed by atoms with van der Waals surface area (Å²) >= 11 is 0. The molecule has 2 aliphatic carbocycles. The first-order valence-corrected chi connectivity index (χ1v) is 12.4. The first-order valence-electron chi connectivity index (χ1n) is 12.4. The highest BCUT2D eigenvalue weighted by Crippen LogP contribution is 2.48. The molecule has 7 heteroatoms. The number of carbonyl (C=O) groups is 4. The summed E-state index contributed by atoms with van der Waals surface area (Å²) in [5, 5.41) is 10.3. The Hall–Kier alpha value is -3.58. The lowest BCUT2D eigenvalue weighted by Crippen LogP contribution is -2.32. The van der Waals surface area contributed by atoms with E-state index in [0.717, 1.165) is 0 Å². The molecule has 0 amide bonds. The van der Waals surface area contributed by atoms with Crippen molar-refractivity contribution in [1.29, 1.82) is 0 Å². The van der Waals surface area contributed by atoms with Crippen LogP contribution in [0.3, 0.4) is 0 Å². The molecule has 0 aliphatic heterocycles. The number of ether oxygens (including phenoxy) is 2. The molecular weight excluding hydrogens is 472 g/mol. The highest BCUT2D eigenvalue weighted by Gasteiger charge is 2.42. The molecule has 194 valence electrons. The molecule has 0 saturated carbocycles. The molecule has 0 fully saturated rings. The fraction of sp³-hybridized carbons (Fsp3) is 0.400. The maximum absolute atomic E-state index is 13.9. The average Bonchev–Trinajstić information content (AvgIpc) is 2.81. The highest BCUT2D eigenvalue weighted by molar-refractivity contribution is 6.31. The third kappa shape index (κ3) is 4.64. The predicted octanol–water partition coefficient (Wildman–Crippen LogP) is 5.08. The number of hydrogen-bond acceptors (Lipinski definition) is 7. The van der Waals surface area contributed by atoms with Crippen molar-refractivity contribution in [2.24, 2.45) is 10.8 Å². The number of fused-ring (bicyclic) bond motifs is 3. The third-order valence-corrected chi connectivity index (χ3v) is 6.56. The number of aliphatic hydroxyl groups is 1. The minimum atomic E-state index is -0.901. The summed E-state index contributed by atoms with van der Waals surface area (Å²) in [6.07, 6.45) is 1.64. The van der Waals surface area contributed by atoms with Crippen LogP contribution in [0, 0.1) is 10.8 Å². The number of ketones is 2. The van der Waals surface area contributed by atoms with Crippen LogP contribution < -0.4 is 9.47 Å². The van der Waals surface area contributed by atoms with Crippen LogP contribution in [0.15, 0.2) is 29.8 Å². The van der Waals surface area contributed by atoms with Gasteiger partial charge >= 0.3 is 11.9 Å². The van der Waals surface area contributed by atoms with E-state index in [1.807, 2.05) is 0 Å². The predicted molar refractivity (Wildman–Crippen MR) is 138 cm³/mol. The molecule has 2 aromatic rings. The molecule has 1 atom stereocenters. The van der Waals surface area contributed by atoms with E-state index in [1.165, 1.54) is 0 Å². The fourth-order valence-electron chi connectivity index (χ4n) is 4.32. The summed E-state index contributed by atoms with van der Waals surface area (Å²) in [6, 6.07) is 6.41. The topological polar surface area (TPSA) is 107 Å². The largest absolute Gasteiger partial charge is 0.425 e. The van der Waals surface area contributed by atoms with Crippen LogP contribution in [0.1, 0.15) is 97.9 Å². The fourth-order valence-corrected chi connectivity index (χ4v) is 4.32. The summed E-state index contributed by atoms with van der Waals surface area (Å²) in [5.74, 6) is -2.19. The molecule has 4 rings (SSSR count). The Bertz CT molecular complexity index is 1380. The number of rotatable bonds is 3. The zero-order valence-corrected chi connectivity index (χ0v) is 22.3. The molecule has 0 spiro atoms. The van der Waals surface area contributed by atoms with Crippen LogP contribution in [-0.2, 0) is 16.0 Å². The molecule has 0 heterocycles. The Labute approximate surface area is 216 Å². The van der Waals surface area contributed by atoms with E-state index in [9.17, 15) is 24.3 Å². The van der Waals surface area contributed by atoms with E-state index < -0.39 is 40.4 Å². The van der Waals surface area contributed by atoms with E-state index in [1.54, 1.807) is 78.8 Å². The van der Waals surface area contributed by atoms with E-state index >= 15 is 0 Å². The molecule has 0 bridgehead atoms. The lowest BCUT2D eigenvalue weighted by atomic mass is 9.77. The Morgan fingerprint density at radius 3 is 1.73 bits per heavy atom. The van der Waals surface area contributed by atoms with Crippen molar-refractivity contribution >= 4 is 29.6 Å². The first kappa shape index (κ1) is 26.5. The molecule has 1 N–H and O–H groups in total. The van der Waals surface area contributed by atoms with Crippen LogP contribution in [0.2, 0.25) is 0 Å². The van der Waals surface area contributed by atoms with Crippen molar-refractivity contribution in [3.05, 3.63) is 63.2 Å². The van der Waals surface area contributed by atoms with Gasteiger partial charge < -0.3 is 14.6 Å². The van der Waals surface area contributed by atoms with E-state index in [0.29, 0.717) is 29.5 Å². The van der Waals surface area contributed by atoms with Gasteiger partial charge in [-0.25, -0.2) is 0 Å². The molecule has 37 heavy (non-hydrogen) atoms. The van der Waals surface area contributed by atoms with Gasteiger partial charge in [-0.15, -0.1) is 0 Å². The van der Waals surface area contributed by atoms with Crippen molar-refractivity contribution in [3.8, 4) is 11.5 Å². The second kappa shape index (κ2) is 9.06. The smallest absolute Gasteiger partial charge is 0.316 e. The van der Waals surface area contributed by atoms with Gasteiger partial charge in [0.25, 0.3) is 0 Å². The minimum Gasteiger partial charge on any atom is -0.425 e. The maximum Gasteiger partial charge on any atom is 0.316 e. The highest BCUT2D eigenvalue weighted by atomic mass is 16.5. The van der Waals surface area contributed by atoms with Gasteiger partial charge in [-0.3, -0.25) is 19.2 Å². The van der Waals surface area contributed by atoms with E-state index in [-0.39, 0.29) is 33.8 Å². The summed E-state index contributed by atoms with van der Waals surface area (Å²) < 4.78 is 11.8. The standard InChI is InChI=1S/C30H32O7/c1-15(31)16-12-13-19-20(14-16)26(37-28(35)30(5,6)7)22-21(25(19)36-27(34)29(2,3)4)23(32)17-10-8-9-11-18(17)24(22)33/h8-11,14-15,31H,12-13H2,1-7H3. The lowest BCUT2D eigenvalue weighted by molar-refractivity contribution is -0.144. The summed E-state index contributed by atoms with van der Waals surface area (Å²) in [4.78, 5) is 53.9. The average molecular weight is 505 g/mol. The van der Waals surface area contributed by atoms with Crippen LogP contribution in [-0.4, -0.2) is 34.7 Å². The monoisotopic (exact) mass is 504 g/mol. The third-order valence-electron chi connectivity index (χ3n) is 6.56. The molecular formula is C30H32O7. The van der Waals surface area contributed by atoms with Gasteiger partial charge in [-0.05, 0) is 73.0 Å². The van der Waals surface area contributed by atoms with Gasteiger partial charge in [0.1, 0.15) is 5.75 Å². The molecule has 0 saturated heterocycles. The Morgan fingerprint density at radius 1 is 0.811 bits per heavy atom. The summed E-state index contributed by atoms with van der Waals surface area (Å²) in [5.41, 5.74) is -0.0921. The number of esters is 2. The van der Waals surface area contributed by atoms with Crippen LogP contribution in [0.4, 0.5) is 0 Å². The van der Waals surface area contributed by atoms with Crippen molar-refractivity contribution in [2.75, 3.05) is 0 Å².